The largest absolute Gasteiger partial charge is 0.389 e. The third kappa shape index (κ3) is 0.871. The van der Waals surface area contributed by atoms with Crippen LogP contribution >= 0.6 is 0 Å². The molecule has 2 aliphatic rings. The van der Waals surface area contributed by atoms with Crippen molar-refractivity contribution in [2.75, 3.05) is 0 Å². The second-order valence-corrected chi connectivity index (χ2v) is 4.66. The molecule has 0 spiro atoms. The Kier molecular flexibility index (Phi) is 1.26. The number of fused-ring (bicyclic) bond motifs is 1. The first-order chi connectivity index (χ1) is 5.03. The number of aliphatic hydroxyl groups is 1. The van der Waals surface area contributed by atoms with Gasteiger partial charge in [-0.15, -0.1) is 0 Å². The van der Waals surface area contributed by atoms with Gasteiger partial charge in [0.2, 0.25) is 0 Å². The fourth-order valence-corrected chi connectivity index (χ4v) is 2.66. The lowest BCUT2D eigenvalue weighted by Crippen LogP contribution is -2.13. The van der Waals surface area contributed by atoms with E-state index >= 15 is 0 Å². The number of allylic oxidation sites excluding steroid dienone is 1. The molecule has 62 valence electrons. The van der Waals surface area contributed by atoms with Crippen molar-refractivity contribution < 1.29 is 5.11 Å². The Bertz CT molecular complexity index is 215. The zero-order valence-corrected chi connectivity index (χ0v) is 7.46. The van der Waals surface area contributed by atoms with Crippen LogP contribution in [-0.4, -0.2) is 11.2 Å². The molecule has 3 atom stereocenters. The normalized spacial score (nSPS) is 46.2. The Labute approximate surface area is 68.1 Å². The summed E-state index contributed by atoms with van der Waals surface area (Å²) >= 11 is 0. The summed E-state index contributed by atoms with van der Waals surface area (Å²) in [6.07, 6.45) is 3.06. The van der Waals surface area contributed by atoms with Crippen molar-refractivity contribution in [1.82, 2.24) is 0 Å². The van der Waals surface area contributed by atoms with Crippen LogP contribution in [0.15, 0.2) is 11.6 Å². The summed E-state index contributed by atoms with van der Waals surface area (Å²) in [6, 6.07) is 0. The minimum Gasteiger partial charge on any atom is -0.389 e. The number of aliphatic hydroxyl groups excluding tert-OH is 1. The van der Waals surface area contributed by atoms with Gasteiger partial charge in [0.1, 0.15) is 0 Å². The van der Waals surface area contributed by atoms with Gasteiger partial charge in [-0.3, -0.25) is 0 Å². The lowest BCUT2D eigenvalue weighted by Gasteiger charge is -2.12. The molecule has 0 radical (unpaired) electrons. The van der Waals surface area contributed by atoms with Crippen molar-refractivity contribution in [3.8, 4) is 0 Å². The Balaban J connectivity index is 2.21. The van der Waals surface area contributed by atoms with E-state index in [4.69, 9.17) is 0 Å². The van der Waals surface area contributed by atoms with Crippen LogP contribution in [0.3, 0.4) is 0 Å². The van der Waals surface area contributed by atoms with E-state index in [9.17, 15) is 5.11 Å². The van der Waals surface area contributed by atoms with Gasteiger partial charge in [0.05, 0.1) is 6.10 Å². The van der Waals surface area contributed by atoms with Crippen molar-refractivity contribution in [1.29, 1.82) is 0 Å². The summed E-state index contributed by atoms with van der Waals surface area (Å²) in [6.45, 7) is 6.64. The fourth-order valence-electron chi connectivity index (χ4n) is 2.66. The maximum absolute atomic E-state index is 9.65. The van der Waals surface area contributed by atoms with E-state index in [0.29, 0.717) is 11.3 Å². The average Bonchev–Trinajstić information content (AvgIpc) is 2.34. The molecular weight excluding hydrogens is 136 g/mol. The lowest BCUT2D eigenvalue weighted by atomic mass is 9.99. The van der Waals surface area contributed by atoms with Crippen molar-refractivity contribution in [3.05, 3.63) is 11.6 Å². The molecule has 0 aliphatic heterocycles. The van der Waals surface area contributed by atoms with Crippen LogP contribution in [-0.2, 0) is 0 Å². The monoisotopic (exact) mass is 152 g/mol. The summed E-state index contributed by atoms with van der Waals surface area (Å²) in [5.74, 6) is 1.30. The highest BCUT2D eigenvalue weighted by molar-refractivity contribution is 5.23. The Morgan fingerprint density at radius 2 is 2.18 bits per heavy atom. The lowest BCUT2D eigenvalue weighted by molar-refractivity contribution is 0.175. The third-order valence-corrected chi connectivity index (χ3v) is 3.50. The molecule has 2 rings (SSSR count). The zero-order valence-electron chi connectivity index (χ0n) is 7.46. The molecule has 1 fully saturated rings. The summed E-state index contributed by atoms with van der Waals surface area (Å²) in [7, 11) is 0. The van der Waals surface area contributed by atoms with Gasteiger partial charge >= 0.3 is 0 Å². The quantitative estimate of drug-likeness (QED) is 0.526. The van der Waals surface area contributed by atoms with Gasteiger partial charge in [-0.25, -0.2) is 0 Å². The summed E-state index contributed by atoms with van der Waals surface area (Å²) < 4.78 is 0. The molecule has 1 saturated carbocycles. The smallest absolute Gasteiger partial charge is 0.0759 e. The van der Waals surface area contributed by atoms with E-state index in [1.165, 1.54) is 12.0 Å². The van der Waals surface area contributed by atoms with Gasteiger partial charge in [0.25, 0.3) is 0 Å². The molecule has 0 aromatic heterocycles. The van der Waals surface area contributed by atoms with E-state index in [1.54, 1.807) is 0 Å². The minimum absolute atomic E-state index is 0.163. The first-order valence-electron chi connectivity index (χ1n) is 4.39. The molecular formula is C10H16O. The van der Waals surface area contributed by atoms with Gasteiger partial charge in [-0.05, 0) is 30.6 Å². The molecule has 1 nitrogen and oxygen atoms in total. The van der Waals surface area contributed by atoms with E-state index in [0.717, 1.165) is 5.92 Å². The molecule has 0 heterocycles. The predicted octanol–water partition coefficient (Wildman–Crippen LogP) is 1.97. The van der Waals surface area contributed by atoms with Crippen LogP contribution in [0.5, 0.6) is 0 Å². The number of hydrogen-bond acceptors (Lipinski definition) is 1. The van der Waals surface area contributed by atoms with E-state index in [2.05, 4.69) is 20.8 Å². The molecule has 0 unspecified atom stereocenters. The standard InChI is InChI=1S/C10H16O/c1-6-4-7-9(8(11)5-6)10(7,2)3/h5,7-9,11H,4H2,1-3H3/t7-,8+,9-/m0/s1. The van der Waals surface area contributed by atoms with Crippen molar-refractivity contribution in [2.24, 2.45) is 17.3 Å². The number of hydrogen-bond donors (Lipinski definition) is 1. The van der Waals surface area contributed by atoms with Crippen molar-refractivity contribution >= 4 is 0 Å². The Morgan fingerprint density at radius 1 is 1.55 bits per heavy atom. The SMILES string of the molecule is CC1=C[C@@H](O)[C@@H]2[C@H](C1)C2(C)C. The fraction of sp³-hybridized carbons (Fsp3) is 0.800. The van der Waals surface area contributed by atoms with E-state index < -0.39 is 0 Å². The van der Waals surface area contributed by atoms with Crippen LogP contribution in [0.2, 0.25) is 0 Å². The average molecular weight is 152 g/mol. The molecule has 0 aromatic carbocycles. The highest BCUT2D eigenvalue weighted by Gasteiger charge is 2.61. The van der Waals surface area contributed by atoms with Crippen molar-refractivity contribution in [2.45, 2.75) is 33.3 Å². The van der Waals surface area contributed by atoms with Crippen LogP contribution in [0.4, 0.5) is 0 Å². The van der Waals surface area contributed by atoms with Gasteiger partial charge in [0, 0.05) is 0 Å². The van der Waals surface area contributed by atoms with Gasteiger partial charge in [-0.1, -0.05) is 25.5 Å². The van der Waals surface area contributed by atoms with Crippen LogP contribution in [0.25, 0.3) is 0 Å². The topological polar surface area (TPSA) is 20.2 Å². The van der Waals surface area contributed by atoms with Crippen LogP contribution in [0.1, 0.15) is 27.2 Å². The minimum atomic E-state index is -0.163. The molecule has 1 N–H and O–H groups in total. The molecule has 0 aromatic rings. The predicted molar refractivity (Wildman–Crippen MR) is 45.1 cm³/mol. The van der Waals surface area contributed by atoms with Gasteiger partial charge in [0.15, 0.2) is 0 Å². The van der Waals surface area contributed by atoms with E-state index in [1.807, 2.05) is 6.08 Å². The van der Waals surface area contributed by atoms with Gasteiger partial charge in [-0.2, -0.15) is 0 Å². The van der Waals surface area contributed by atoms with Crippen molar-refractivity contribution in [3.63, 3.8) is 0 Å². The Morgan fingerprint density at radius 3 is 2.73 bits per heavy atom. The summed E-state index contributed by atoms with van der Waals surface area (Å²) in [4.78, 5) is 0. The highest BCUT2D eigenvalue weighted by Crippen LogP contribution is 2.64. The zero-order chi connectivity index (χ0) is 8.22. The second-order valence-electron chi connectivity index (χ2n) is 4.66. The maximum atomic E-state index is 9.65. The highest BCUT2D eigenvalue weighted by atomic mass is 16.3. The van der Waals surface area contributed by atoms with Crippen LogP contribution < -0.4 is 0 Å². The first-order valence-corrected chi connectivity index (χ1v) is 4.39. The molecule has 11 heavy (non-hydrogen) atoms. The Hall–Kier alpha value is -0.300. The molecule has 0 bridgehead atoms. The van der Waals surface area contributed by atoms with E-state index in [-0.39, 0.29) is 6.10 Å². The summed E-state index contributed by atoms with van der Waals surface area (Å²) in [5, 5.41) is 9.65. The number of rotatable bonds is 0. The molecule has 0 saturated heterocycles. The molecule has 1 heteroatoms. The molecule has 0 amide bonds. The van der Waals surface area contributed by atoms with Crippen LogP contribution in [0, 0.1) is 17.3 Å². The maximum Gasteiger partial charge on any atom is 0.0759 e. The van der Waals surface area contributed by atoms with Gasteiger partial charge < -0.3 is 5.11 Å². The summed E-state index contributed by atoms with van der Waals surface area (Å²) in [5.41, 5.74) is 1.76. The molecule has 2 aliphatic carbocycles. The second kappa shape index (κ2) is 1.89. The third-order valence-electron chi connectivity index (χ3n) is 3.50. The first kappa shape index (κ1) is 7.35.